The minimum absolute atomic E-state index is 0.203. The lowest BCUT2D eigenvalue weighted by Crippen LogP contribution is -2.14. The first-order chi connectivity index (χ1) is 9.18. The molecular formula is C13H15F2N3O. The molecule has 102 valence electrons. The number of benzene rings is 1. The van der Waals surface area contributed by atoms with Crippen molar-refractivity contribution in [2.45, 2.75) is 13.3 Å². The molecule has 0 unspecified atom stereocenters. The number of aromatic nitrogens is 2. The molecule has 6 heteroatoms. The molecule has 1 aromatic heterocycles. The largest absolute Gasteiger partial charge is 0.374 e. The molecule has 0 atom stereocenters. The van der Waals surface area contributed by atoms with E-state index in [-0.39, 0.29) is 6.61 Å². The topological polar surface area (TPSA) is 47.0 Å². The summed E-state index contributed by atoms with van der Waals surface area (Å²) in [4.78, 5) is 0. The Morgan fingerprint density at radius 2 is 1.95 bits per heavy atom. The zero-order valence-electron chi connectivity index (χ0n) is 10.6. The lowest BCUT2D eigenvalue weighted by Gasteiger charge is -2.09. The monoisotopic (exact) mass is 267 g/mol. The average Bonchev–Trinajstić information content (AvgIpc) is 2.41. The molecule has 1 aromatic carbocycles. The van der Waals surface area contributed by atoms with Gasteiger partial charge in [0.1, 0.15) is 6.61 Å². The summed E-state index contributed by atoms with van der Waals surface area (Å²) in [6, 6.07) is 7.77. The number of rotatable bonds is 6. The van der Waals surface area contributed by atoms with Gasteiger partial charge in [-0.1, -0.05) is 24.3 Å². The van der Waals surface area contributed by atoms with Gasteiger partial charge in [0.25, 0.3) is 6.43 Å². The molecule has 0 radical (unpaired) electrons. The number of hydrogen-bond donors (Lipinski definition) is 1. The van der Waals surface area contributed by atoms with E-state index in [1.807, 2.05) is 31.2 Å². The van der Waals surface area contributed by atoms with Crippen LogP contribution in [0, 0.1) is 6.92 Å². The Balaban J connectivity index is 1.99. The van der Waals surface area contributed by atoms with E-state index in [1.165, 1.54) is 0 Å². The second-order valence-electron chi connectivity index (χ2n) is 4.07. The molecule has 2 aromatic rings. The molecule has 0 aliphatic rings. The number of nitrogens with one attached hydrogen (secondary N) is 1. The van der Waals surface area contributed by atoms with Gasteiger partial charge in [0, 0.05) is 17.3 Å². The highest BCUT2D eigenvalue weighted by atomic mass is 19.3. The minimum Gasteiger partial charge on any atom is -0.374 e. The van der Waals surface area contributed by atoms with Crippen LogP contribution >= 0.6 is 0 Å². The molecule has 0 saturated heterocycles. The minimum atomic E-state index is -2.43. The standard InChI is InChI=1S/C13H15F2N3O/c1-9-10-4-2-3-5-11(10)13(18-17-9)16-6-7-19-8-12(14)15/h2-5,12H,6-8H2,1H3,(H,16,18). The van der Waals surface area contributed by atoms with E-state index in [1.54, 1.807) is 0 Å². The van der Waals surface area contributed by atoms with Crippen LogP contribution in [0.15, 0.2) is 24.3 Å². The van der Waals surface area contributed by atoms with Crippen LogP contribution in [0.2, 0.25) is 0 Å². The summed E-state index contributed by atoms with van der Waals surface area (Å²) in [6.07, 6.45) is -2.43. The highest BCUT2D eigenvalue weighted by Crippen LogP contribution is 2.21. The summed E-state index contributed by atoms with van der Waals surface area (Å²) in [5.74, 6) is 0.641. The normalized spacial score (nSPS) is 11.2. The van der Waals surface area contributed by atoms with E-state index in [0.29, 0.717) is 12.4 Å². The number of anilines is 1. The molecule has 1 N–H and O–H groups in total. The van der Waals surface area contributed by atoms with Crippen LogP contribution in [0.25, 0.3) is 10.8 Å². The lowest BCUT2D eigenvalue weighted by atomic mass is 10.1. The van der Waals surface area contributed by atoms with Crippen LogP contribution in [-0.4, -0.2) is 36.4 Å². The van der Waals surface area contributed by atoms with Gasteiger partial charge in [-0.2, -0.15) is 5.10 Å². The first kappa shape index (κ1) is 13.6. The van der Waals surface area contributed by atoms with Gasteiger partial charge in [0.2, 0.25) is 0 Å². The fraction of sp³-hybridized carbons (Fsp3) is 0.385. The van der Waals surface area contributed by atoms with Crippen molar-refractivity contribution in [1.29, 1.82) is 0 Å². The first-order valence-electron chi connectivity index (χ1n) is 6.00. The van der Waals surface area contributed by atoms with Gasteiger partial charge >= 0.3 is 0 Å². The number of halogens is 2. The summed E-state index contributed by atoms with van der Waals surface area (Å²) in [7, 11) is 0. The number of ether oxygens (including phenoxy) is 1. The maximum Gasteiger partial charge on any atom is 0.261 e. The van der Waals surface area contributed by atoms with Crippen LogP contribution < -0.4 is 5.32 Å². The highest BCUT2D eigenvalue weighted by molar-refractivity contribution is 5.92. The predicted octanol–water partition coefficient (Wildman–Crippen LogP) is 2.63. The Labute approximate surface area is 109 Å². The van der Waals surface area contributed by atoms with Crippen LogP contribution in [0.1, 0.15) is 5.69 Å². The lowest BCUT2D eigenvalue weighted by molar-refractivity contribution is 0.0215. The van der Waals surface area contributed by atoms with E-state index >= 15 is 0 Å². The third-order valence-electron chi connectivity index (χ3n) is 2.65. The van der Waals surface area contributed by atoms with Gasteiger partial charge < -0.3 is 10.1 Å². The van der Waals surface area contributed by atoms with E-state index in [9.17, 15) is 8.78 Å². The maximum absolute atomic E-state index is 11.9. The molecule has 0 aliphatic carbocycles. The number of aryl methyl sites for hydroxylation is 1. The number of fused-ring (bicyclic) bond motifs is 1. The first-order valence-corrected chi connectivity index (χ1v) is 6.00. The molecule has 1 heterocycles. The molecule has 0 amide bonds. The number of alkyl halides is 2. The Morgan fingerprint density at radius 1 is 1.21 bits per heavy atom. The molecule has 4 nitrogen and oxygen atoms in total. The summed E-state index contributed by atoms with van der Waals surface area (Å²) < 4.78 is 28.5. The van der Waals surface area contributed by atoms with Crippen LogP contribution in [0.5, 0.6) is 0 Å². The molecule has 0 spiro atoms. The van der Waals surface area contributed by atoms with Crippen molar-refractivity contribution < 1.29 is 13.5 Å². The Morgan fingerprint density at radius 3 is 2.68 bits per heavy atom. The van der Waals surface area contributed by atoms with Gasteiger partial charge in [-0.15, -0.1) is 5.10 Å². The van der Waals surface area contributed by atoms with Crippen molar-refractivity contribution in [3.05, 3.63) is 30.0 Å². The molecule has 0 aliphatic heterocycles. The smallest absolute Gasteiger partial charge is 0.261 e. The zero-order chi connectivity index (χ0) is 13.7. The number of hydrogen-bond acceptors (Lipinski definition) is 4. The van der Waals surface area contributed by atoms with Crippen molar-refractivity contribution in [2.24, 2.45) is 0 Å². The SMILES string of the molecule is Cc1nnc(NCCOCC(F)F)c2ccccc12. The molecular weight excluding hydrogens is 252 g/mol. The zero-order valence-corrected chi connectivity index (χ0v) is 10.6. The average molecular weight is 267 g/mol. The van der Waals surface area contributed by atoms with Gasteiger partial charge in [-0.3, -0.25) is 0 Å². The highest BCUT2D eigenvalue weighted by Gasteiger charge is 2.06. The Hall–Kier alpha value is -1.82. The van der Waals surface area contributed by atoms with Crippen molar-refractivity contribution in [3.63, 3.8) is 0 Å². The van der Waals surface area contributed by atoms with Crippen LogP contribution in [0.3, 0.4) is 0 Å². The molecule has 2 rings (SSSR count). The van der Waals surface area contributed by atoms with E-state index in [0.717, 1.165) is 16.5 Å². The Kier molecular flexibility index (Phi) is 4.57. The molecule has 0 bridgehead atoms. The fourth-order valence-electron chi connectivity index (χ4n) is 1.78. The van der Waals surface area contributed by atoms with Crippen molar-refractivity contribution in [3.8, 4) is 0 Å². The quantitative estimate of drug-likeness (QED) is 0.817. The van der Waals surface area contributed by atoms with Crippen molar-refractivity contribution in [2.75, 3.05) is 25.1 Å². The van der Waals surface area contributed by atoms with Crippen LogP contribution in [-0.2, 0) is 4.74 Å². The second kappa shape index (κ2) is 6.38. The maximum atomic E-state index is 11.9. The van der Waals surface area contributed by atoms with Crippen molar-refractivity contribution >= 4 is 16.6 Å². The second-order valence-corrected chi connectivity index (χ2v) is 4.07. The van der Waals surface area contributed by atoms with Gasteiger partial charge in [0.15, 0.2) is 5.82 Å². The third kappa shape index (κ3) is 3.57. The predicted molar refractivity (Wildman–Crippen MR) is 69.6 cm³/mol. The third-order valence-corrected chi connectivity index (χ3v) is 2.65. The van der Waals surface area contributed by atoms with E-state index < -0.39 is 13.0 Å². The van der Waals surface area contributed by atoms with Gasteiger partial charge in [-0.05, 0) is 6.92 Å². The van der Waals surface area contributed by atoms with Crippen LogP contribution in [0.4, 0.5) is 14.6 Å². The van der Waals surface area contributed by atoms with Gasteiger partial charge in [0.05, 0.1) is 12.3 Å². The Bertz CT molecular complexity index is 548. The molecule has 19 heavy (non-hydrogen) atoms. The summed E-state index contributed by atoms with van der Waals surface area (Å²) in [6.45, 7) is 1.97. The summed E-state index contributed by atoms with van der Waals surface area (Å²) in [5.41, 5.74) is 0.857. The number of nitrogens with zero attached hydrogens (tertiary/aromatic N) is 2. The summed E-state index contributed by atoms with van der Waals surface area (Å²) in [5, 5.41) is 13.2. The molecule has 0 saturated carbocycles. The van der Waals surface area contributed by atoms with Crippen molar-refractivity contribution in [1.82, 2.24) is 10.2 Å². The summed E-state index contributed by atoms with van der Waals surface area (Å²) >= 11 is 0. The fourth-order valence-corrected chi connectivity index (χ4v) is 1.78. The van der Waals surface area contributed by atoms with E-state index in [2.05, 4.69) is 15.5 Å². The molecule has 0 fully saturated rings. The van der Waals surface area contributed by atoms with Gasteiger partial charge in [-0.25, -0.2) is 8.78 Å². The van der Waals surface area contributed by atoms with E-state index in [4.69, 9.17) is 4.74 Å².